The lowest BCUT2D eigenvalue weighted by atomic mass is 10.1. The van der Waals surface area contributed by atoms with E-state index in [0.717, 1.165) is 24.2 Å². The van der Waals surface area contributed by atoms with Gasteiger partial charge in [0.15, 0.2) is 0 Å². The molecule has 0 saturated heterocycles. The van der Waals surface area contributed by atoms with Crippen LogP contribution in [-0.4, -0.2) is 9.78 Å². The van der Waals surface area contributed by atoms with Gasteiger partial charge >= 0.3 is 0 Å². The largest absolute Gasteiger partial charge is 0.467 e. The van der Waals surface area contributed by atoms with Crippen LogP contribution >= 0.6 is 0 Å². The molecule has 2 rings (SSSR count). The fourth-order valence-corrected chi connectivity index (χ4v) is 1.85. The number of nitrogens with two attached hydrogens (primary N) is 1. The van der Waals surface area contributed by atoms with Crippen molar-refractivity contribution in [3.8, 4) is 0 Å². The summed E-state index contributed by atoms with van der Waals surface area (Å²) in [7, 11) is 1.94. The summed E-state index contributed by atoms with van der Waals surface area (Å²) in [5, 5.41) is 4.13. The molecule has 0 aromatic carbocycles. The number of hydrogen-bond donors (Lipinski definition) is 1. The smallest absolute Gasteiger partial charge is 0.123 e. The van der Waals surface area contributed by atoms with E-state index in [0.29, 0.717) is 0 Å². The molecule has 0 fully saturated rings. The average molecular weight is 219 g/mol. The van der Waals surface area contributed by atoms with Gasteiger partial charge in [0.1, 0.15) is 5.76 Å². The standard InChI is InChI=1S/C12H17N3O/c1-9-6-8-16-12(9)11(13)4-3-10-5-7-14-15(10)2/h5-8,11H,3-4,13H2,1-2H3. The zero-order chi connectivity index (χ0) is 11.5. The van der Waals surface area contributed by atoms with Gasteiger partial charge in [-0.05, 0) is 37.5 Å². The van der Waals surface area contributed by atoms with E-state index in [4.69, 9.17) is 10.2 Å². The summed E-state index contributed by atoms with van der Waals surface area (Å²) >= 11 is 0. The molecule has 2 heterocycles. The van der Waals surface area contributed by atoms with Crippen molar-refractivity contribution in [1.82, 2.24) is 9.78 Å². The molecule has 2 N–H and O–H groups in total. The molecule has 0 amide bonds. The third-order valence-electron chi connectivity index (χ3n) is 2.87. The maximum Gasteiger partial charge on any atom is 0.123 e. The van der Waals surface area contributed by atoms with Gasteiger partial charge in [0.25, 0.3) is 0 Å². The zero-order valence-corrected chi connectivity index (χ0v) is 9.68. The fraction of sp³-hybridized carbons (Fsp3) is 0.417. The Balaban J connectivity index is 1.97. The lowest BCUT2D eigenvalue weighted by Gasteiger charge is -2.09. The maximum atomic E-state index is 6.08. The molecule has 4 nitrogen and oxygen atoms in total. The van der Waals surface area contributed by atoms with E-state index in [9.17, 15) is 0 Å². The van der Waals surface area contributed by atoms with Crippen molar-refractivity contribution in [2.75, 3.05) is 0 Å². The van der Waals surface area contributed by atoms with Gasteiger partial charge in [-0.2, -0.15) is 5.10 Å². The number of rotatable bonds is 4. The normalized spacial score (nSPS) is 12.9. The minimum atomic E-state index is -0.0371. The summed E-state index contributed by atoms with van der Waals surface area (Å²) in [6.45, 7) is 2.02. The van der Waals surface area contributed by atoms with Gasteiger partial charge in [-0.15, -0.1) is 0 Å². The third-order valence-corrected chi connectivity index (χ3v) is 2.87. The second kappa shape index (κ2) is 4.53. The number of furan rings is 1. The molecule has 4 heteroatoms. The average Bonchev–Trinajstić information content (AvgIpc) is 2.84. The van der Waals surface area contributed by atoms with Gasteiger partial charge in [-0.1, -0.05) is 0 Å². The van der Waals surface area contributed by atoms with Crippen LogP contribution < -0.4 is 5.73 Å². The Morgan fingerprint density at radius 2 is 2.31 bits per heavy atom. The van der Waals surface area contributed by atoms with Crippen molar-refractivity contribution in [2.24, 2.45) is 12.8 Å². The molecule has 0 aliphatic carbocycles. The second-order valence-corrected chi connectivity index (χ2v) is 4.06. The SMILES string of the molecule is Cc1ccoc1C(N)CCc1ccnn1C. The van der Waals surface area contributed by atoms with E-state index in [1.165, 1.54) is 5.69 Å². The van der Waals surface area contributed by atoms with Crippen molar-refractivity contribution < 1.29 is 4.42 Å². The van der Waals surface area contributed by atoms with Crippen molar-refractivity contribution in [2.45, 2.75) is 25.8 Å². The molecule has 1 atom stereocenters. The van der Waals surface area contributed by atoms with Gasteiger partial charge in [-0.3, -0.25) is 4.68 Å². The Morgan fingerprint density at radius 1 is 1.50 bits per heavy atom. The molecular weight excluding hydrogens is 202 g/mol. The first kappa shape index (κ1) is 11.0. The van der Waals surface area contributed by atoms with Gasteiger partial charge in [0, 0.05) is 18.9 Å². The predicted molar refractivity (Wildman–Crippen MR) is 61.9 cm³/mol. The highest BCUT2D eigenvalue weighted by molar-refractivity contribution is 5.18. The Hall–Kier alpha value is -1.55. The molecule has 0 aliphatic rings. The molecule has 0 bridgehead atoms. The van der Waals surface area contributed by atoms with Crippen molar-refractivity contribution in [3.05, 3.63) is 41.6 Å². The van der Waals surface area contributed by atoms with Crippen LogP contribution in [0.25, 0.3) is 0 Å². The van der Waals surface area contributed by atoms with Crippen LogP contribution in [0.3, 0.4) is 0 Å². The van der Waals surface area contributed by atoms with Crippen molar-refractivity contribution >= 4 is 0 Å². The van der Waals surface area contributed by atoms with Crippen LogP contribution in [0.1, 0.15) is 29.5 Å². The van der Waals surface area contributed by atoms with Gasteiger partial charge in [0.2, 0.25) is 0 Å². The minimum Gasteiger partial charge on any atom is -0.467 e. The van der Waals surface area contributed by atoms with E-state index in [2.05, 4.69) is 5.10 Å². The van der Waals surface area contributed by atoms with E-state index in [-0.39, 0.29) is 6.04 Å². The van der Waals surface area contributed by atoms with Gasteiger partial charge in [-0.25, -0.2) is 0 Å². The molecule has 0 saturated carbocycles. The van der Waals surface area contributed by atoms with Crippen molar-refractivity contribution in [1.29, 1.82) is 0 Å². The monoisotopic (exact) mass is 219 g/mol. The van der Waals surface area contributed by atoms with Crippen LogP contribution in [0.15, 0.2) is 29.0 Å². The Kier molecular flexibility index (Phi) is 3.10. The Bertz CT molecular complexity index is 458. The maximum absolute atomic E-state index is 6.08. The van der Waals surface area contributed by atoms with Crippen LogP contribution in [0.5, 0.6) is 0 Å². The van der Waals surface area contributed by atoms with Crippen LogP contribution in [0, 0.1) is 6.92 Å². The summed E-state index contributed by atoms with van der Waals surface area (Å²) in [5.74, 6) is 0.891. The Labute approximate surface area is 95.1 Å². The number of hydrogen-bond acceptors (Lipinski definition) is 3. The molecule has 0 spiro atoms. The molecular formula is C12H17N3O. The Morgan fingerprint density at radius 3 is 2.88 bits per heavy atom. The highest BCUT2D eigenvalue weighted by Gasteiger charge is 2.12. The molecule has 2 aromatic rings. The van der Waals surface area contributed by atoms with Crippen LogP contribution in [0.2, 0.25) is 0 Å². The highest BCUT2D eigenvalue weighted by Crippen LogP contribution is 2.20. The summed E-state index contributed by atoms with van der Waals surface area (Å²) in [5.41, 5.74) is 8.40. The fourth-order valence-electron chi connectivity index (χ4n) is 1.85. The lowest BCUT2D eigenvalue weighted by Crippen LogP contribution is -2.12. The topological polar surface area (TPSA) is 57.0 Å². The molecule has 2 aromatic heterocycles. The van der Waals surface area contributed by atoms with Crippen LogP contribution in [-0.2, 0) is 13.5 Å². The molecule has 0 aliphatic heterocycles. The third kappa shape index (κ3) is 2.17. The van der Waals surface area contributed by atoms with Crippen molar-refractivity contribution in [3.63, 3.8) is 0 Å². The van der Waals surface area contributed by atoms with Gasteiger partial charge in [0.05, 0.1) is 12.3 Å². The lowest BCUT2D eigenvalue weighted by molar-refractivity contribution is 0.447. The van der Waals surface area contributed by atoms with E-state index in [1.54, 1.807) is 12.5 Å². The van der Waals surface area contributed by atoms with E-state index in [1.807, 2.05) is 30.8 Å². The first-order chi connectivity index (χ1) is 7.68. The summed E-state index contributed by atoms with van der Waals surface area (Å²) in [6.07, 6.45) is 5.28. The number of aromatic nitrogens is 2. The first-order valence-electron chi connectivity index (χ1n) is 5.45. The molecule has 1 unspecified atom stereocenters. The number of nitrogens with zero attached hydrogens (tertiary/aromatic N) is 2. The van der Waals surface area contributed by atoms with E-state index < -0.39 is 0 Å². The van der Waals surface area contributed by atoms with Crippen LogP contribution in [0.4, 0.5) is 0 Å². The quantitative estimate of drug-likeness (QED) is 0.855. The molecule has 0 radical (unpaired) electrons. The highest BCUT2D eigenvalue weighted by atomic mass is 16.3. The van der Waals surface area contributed by atoms with E-state index >= 15 is 0 Å². The van der Waals surface area contributed by atoms with Gasteiger partial charge < -0.3 is 10.2 Å². The molecule has 86 valence electrons. The summed E-state index contributed by atoms with van der Waals surface area (Å²) < 4.78 is 7.26. The summed E-state index contributed by atoms with van der Waals surface area (Å²) in [6, 6.07) is 3.92. The second-order valence-electron chi connectivity index (χ2n) is 4.06. The molecule has 16 heavy (non-hydrogen) atoms. The number of aryl methyl sites for hydroxylation is 3. The minimum absolute atomic E-state index is 0.0371. The predicted octanol–water partition coefficient (Wildman–Crippen LogP) is 1.95. The zero-order valence-electron chi connectivity index (χ0n) is 9.68. The summed E-state index contributed by atoms with van der Waals surface area (Å²) in [4.78, 5) is 0. The first-order valence-corrected chi connectivity index (χ1v) is 5.45.